The average Bonchev–Trinajstić information content (AvgIpc) is 3.00. The minimum absolute atomic E-state index is 0.190. The summed E-state index contributed by atoms with van der Waals surface area (Å²) in [6.07, 6.45) is 5.33. The Balaban J connectivity index is 1.92. The first-order valence-corrected chi connectivity index (χ1v) is 8.00. The SMILES string of the molecule is CCCNCc1ccnc(N(C)CCN2CCCC2)c1F. The standard InChI is InChI=1S/C16H27FN4/c1-3-7-18-13-14-6-8-19-16(15(14)17)20(2)11-12-21-9-4-5-10-21/h6,8,18H,3-5,7,9-13H2,1-2H3. The molecule has 1 fully saturated rings. The number of anilines is 1. The predicted octanol–water partition coefficient (Wildman–Crippen LogP) is 2.25. The molecule has 0 unspecified atom stereocenters. The topological polar surface area (TPSA) is 31.4 Å². The molecule has 1 aliphatic heterocycles. The summed E-state index contributed by atoms with van der Waals surface area (Å²) in [6.45, 7) is 7.71. The summed E-state index contributed by atoms with van der Waals surface area (Å²) in [5, 5.41) is 3.24. The Morgan fingerprint density at radius 3 is 2.86 bits per heavy atom. The summed E-state index contributed by atoms with van der Waals surface area (Å²) in [5.74, 6) is 0.273. The fraction of sp³-hybridized carbons (Fsp3) is 0.688. The van der Waals surface area contributed by atoms with Crippen molar-refractivity contribution in [3.63, 3.8) is 0 Å². The van der Waals surface area contributed by atoms with Crippen LogP contribution in [0.1, 0.15) is 31.7 Å². The Bertz CT molecular complexity index is 432. The normalized spacial score (nSPS) is 15.6. The molecule has 1 saturated heterocycles. The highest BCUT2D eigenvalue weighted by Crippen LogP contribution is 2.18. The summed E-state index contributed by atoms with van der Waals surface area (Å²) in [5.41, 5.74) is 0.696. The maximum absolute atomic E-state index is 14.5. The lowest BCUT2D eigenvalue weighted by molar-refractivity contribution is 0.346. The third kappa shape index (κ3) is 4.64. The number of aromatic nitrogens is 1. The molecule has 0 saturated carbocycles. The largest absolute Gasteiger partial charge is 0.356 e. The number of hydrogen-bond donors (Lipinski definition) is 1. The predicted molar refractivity (Wildman–Crippen MR) is 85.1 cm³/mol. The molecule has 0 radical (unpaired) electrons. The van der Waals surface area contributed by atoms with Gasteiger partial charge in [0.1, 0.15) is 0 Å². The number of hydrogen-bond acceptors (Lipinski definition) is 4. The average molecular weight is 294 g/mol. The molecular weight excluding hydrogens is 267 g/mol. The van der Waals surface area contributed by atoms with Gasteiger partial charge in [0.05, 0.1) is 0 Å². The molecule has 1 aromatic heterocycles. The first kappa shape index (κ1) is 16.2. The zero-order valence-electron chi connectivity index (χ0n) is 13.2. The Morgan fingerprint density at radius 2 is 2.14 bits per heavy atom. The second-order valence-electron chi connectivity index (χ2n) is 5.75. The molecule has 0 aromatic carbocycles. The van der Waals surface area contributed by atoms with Gasteiger partial charge in [-0.2, -0.15) is 0 Å². The molecule has 1 aliphatic rings. The molecule has 118 valence electrons. The van der Waals surface area contributed by atoms with Gasteiger partial charge in [0.2, 0.25) is 0 Å². The summed E-state index contributed by atoms with van der Waals surface area (Å²) < 4.78 is 14.5. The van der Waals surface area contributed by atoms with E-state index in [0.717, 1.165) is 26.1 Å². The number of rotatable bonds is 8. The molecule has 4 nitrogen and oxygen atoms in total. The minimum atomic E-state index is -0.190. The van der Waals surface area contributed by atoms with E-state index in [1.807, 2.05) is 11.9 Å². The monoisotopic (exact) mass is 294 g/mol. The van der Waals surface area contributed by atoms with Crippen LogP contribution in [0.3, 0.4) is 0 Å². The van der Waals surface area contributed by atoms with E-state index in [9.17, 15) is 4.39 Å². The number of nitrogens with zero attached hydrogens (tertiary/aromatic N) is 3. The summed E-state index contributed by atoms with van der Waals surface area (Å²) in [4.78, 5) is 8.58. The van der Waals surface area contributed by atoms with E-state index in [0.29, 0.717) is 17.9 Å². The molecule has 1 aromatic rings. The quantitative estimate of drug-likeness (QED) is 0.745. The second-order valence-corrected chi connectivity index (χ2v) is 5.75. The van der Waals surface area contributed by atoms with E-state index in [1.54, 1.807) is 12.3 Å². The number of nitrogens with one attached hydrogen (secondary N) is 1. The van der Waals surface area contributed by atoms with E-state index in [2.05, 4.69) is 22.1 Å². The van der Waals surface area contributed by atoms with E-state index in [-0.39, 0.29) is 5.82 Å². The lowest BCUT2D eigenvalue weighted by Gasteiger charge is -2.23. The molecule has 0 amide bonds. The molecule has 21 heavy (non-hydrogen) atoms. The molecule has 0 bridgehead atoms. The van der Waals surface area contributed by atoms with Gasteiger partial charge in [0.25, 0.3) is 0 Å². The lowest BCUT2D eigenvalue weighted by Crippen LogP contribution is -2.32. The van der Waals surface area contributed by atoms with Gasteiger partial charge in [-0.15, -0.1) is 0 Å². The Morgan fingerprint density at radius 1 is 1.38 bits per heavy atom. The maximum atomic E-state index is 14.5. The molecular formula is C16H27FN4. The van der Waals surface area contributed by atoms with E-state index in [1.165, 1.54) is 25.9 Å². The van der Waals surface area contributed by atoms with Gasteiger partial charge in [0.15, 0.2) is 11.6 Å². The van der Waals surface area contributed by atoms with Crippen molar-refractivity contribution in [3.05, 3.63) is 23.6 Å². The molecule has 5 heteroatoms. The fourth-order valence-electron chi connectivity index (χ4n) is 2.68. The van der Waals surface area contributed by atoms with Crippen LogP contribution in [0.2, 0.25) is 0 Å². The van der Waals surface area contributed by atoms with E-state index in [4.69, 9.17) is 0 Å². The zero-order chi connectivity index (χ0) is 15.1. The van der Waals surface area contributed by atoms with Gasteiger partial charge in [-0.25, -0.2) is 9.37 Å². The van der Waals surface area contributed by atoms with Gasteiger partial charge < -0.3 is 15.1 Å². The summed E-state index contributed by atoms with van der Waals surface area (Å²) >= 11 is 0. The van der Waals surface area contributed by atoms with Gasteiger partial charge in [-0.3, -0.25) is 0 Å². The van der Waals surface area contributed by atoms with Crippen LogP contribution in [0.15, 0.2) is 12.3 Å². The molecule has 2 rings (SSSR count). The van der Waals surface area contributed by atoms with Crippen LogP contribution in [-0.2, 0) is 6.54 Å². The molecule has 2 heterocycles. The number of likely N-dealkylation sites (tertiary alicyclic amines) is 1. The number of pyridine rings is 1. The number of likely N-dealkylation sites (N-methyl/N-ethyl adjacent to an activating group) is 1. The van der Waals surface area contributed by atoms with Gasteiger partial charge in [-0.1, -0.05) is 6.92 Å². The number of halogens is 1. The van der Waals surface area contributed by atoms with Gasteiger partial charge >= 0.3 is 0 Å². The van der Waals surface area contributed by atoms with Crippen LogP contribution >= 0.6 is 0 Å². The highest BCUT2D eigenvalue weighted by molar-refractivity contribution is 5.42. The summed E-state index contributed by atoms with van der Waals surface area (Å²) in [6, 6.07) is 1.76. The van der Waals surface area contributed by atoms with Gasteiger partial charge in [-0.05, 0) is 45.0 Å². The first-order chi connectivity index (χ1) is 10.2. The van der Waals surface area contributed by atoms with Crippen molar-refractivity contribution in [2.45, 2.75) is 32.7 Å². The fourth-order valence-corrected chi connectivity index (χ4v) is 2.68. The van der Waals surface area contributed by atoms with Crippen LogP contribution in [0.4, 0.5) is 10.2 Å². The Kier molecular flexibility index (Phi) is 6.39. The smallest absolute Gasteiger partial charge is 0.170 e. The van der Waals surface area contributed by atoms with E-state index < -0.39 is 0 Å². The highest BCUT2D eigenvalue weighted by Gasteiger charge is 2.16. The van der Waals surface area contributed by atoms with Gasteiger partial charge in [0, 0.05) is 38.4 Å². The van der Waals surface area contributed by atoms with Crippen LogP contribution < -0.4 is 10.2 Å². The molecule has 1 N–H and O–H groups in total. The molecule has 0 aliphatic carbocycles. The van der Waals surface area contributed by atoms with Crippen LogP contribution in [0, 0.1) is 5.82 Å². The highest BCUT2D eigenvalue weighted by atomic mass is 19.1. The van der Waals surface area contributed by atoms with Crippen LogP contribution in [-0.4, -0.2) is 49.7 Å². The van der Waals surface area contributed by atoms with Crippen LogP contribution in [0.25, 0.3) is 0 Å². The van der Waals surface area contributed by atoms with Crippen molar-refractivity contribution in [1.29, 1.82) is 0 Å². The third-order valence-corrected chi connectivity index (χ3v) is 4.00. The van der Waals surface area contributed by atoms with Crippen molar-refractivity contribution in [1.82, 2.24) is 15.2 Å². The first-order valence-electron chi connectivity index (χ1n) is 8.00. The van der Waals surface area contributed by atoms with Crippen molar-refractivity contribution < 1.29 is 4.39 Å². The Labute approximate surface area is 127 Å². The third-order valence-electron chi connectivity index (χ3n) is 4.00. The lowest BCUT2D eigenvalue weighted by atomic mass is 10.2. The maximum Gasteiger partial charge on any atom is 0.170 e. The molecule has 0 atom stereocenters. The van der Waals surface area contributed by atoms with Crippen molar-refractivity contribution in [3.8, 4) is 0 Å². The Hall–Kier alpha value is -1.20. The minimum Gasteiger partial charge on any atom is -0.356 e. The van der Waals surface area contributed by atoms with Crippen molar-refractivity contribution in [2.75, 3.05) is 44.7 Å². The molecule has 0 spiro atoms. The van der Waals surface area contributed by atoms with Crippen molar-refractivity contribution in [2.24, 2.45) is 0 Å². The second kappa shape index (κ2) is 8.29. The zero-order valence-corrected chi connectivity index (χ0v) is 13.2. The van der Waals surface area contributed by atoms with E-state index >= 15 is 0 Å². The summed E-state index contributed by atoms with van der Waals surface area (Å²) in [7, 11) is 1.92. The van der Waals surface area contributed by atoms with Crippen LogP contribution in [0.5, 0.6) is 0 Å². The van der Waals surface area contributed by atoms with Crippen molar-refractivity contribution >= 4 is 5.82 Å².